The molecule has 0 fully saturated rings. The minimum atomic E-state index is -0.109. The van der Waals surface area contributed by atoms with Gasteiger partial charge in [0.25, 0.3) is 0 Å². The van der Waals surface area contributed by atoms with E-state index in [1.54, 1.807) is 0 Å². The Bertz CT molecular complexity index is 170. The fraction of sp³-hybridized carbons (Fsp3) is 0.818. The van der Waals surface area contributed by atoms with E-state index in [0.717, 1.165) is 19.3 Å². The summed E-state index contributed by atoms with van der Waals surface area (Å²) in [5, 5.41) is 9.60. The van der Waals surface area contributed by atoms with E-state index in [1.165, 1.54) is 30.4 Å². The second kappa shape index (κ2) is 4.66. The molecule has 0 spiro atoms. The van der Waals surface area contributed by atoms with Crippen LogP contribution in [0.1, 0.15) is 52.4 Å². The van der Waals surface area contributed by atoms with Gasteiger partial charge in [-0.2, -0.15) is 0 Å². The van der Waals surface area contributed by atoms with E-state index in [-0.39, 0.29) is 6.10 Å². The van der Waals surface area contributed by atoms with Crippen molar-refractivity contribution in [3.05, 3.63) is 11.1 Å². The molecular weight excluding hydrogens is 148 g/mol. The summed E-state index contributed by atoms with van der Waals surface area (Å²) in [6.07, 6.45) is 6.91. The van der Waals surface area contributed by atoms with Crippen LogP contribution in [0.3, 0.4) is 0 Å². The van der Waals surface area contributed by atoms with Gasteiger partial charge >= 0.3 is 0 Å². The van der Waals surface area contributed by atoms with Crippen molar-refractivity contribution in [2.75, 3.05) is 0 Å². The average molecular weight is 168 g/mol. The quantitative estimate of drug-likeness (QED) is 0.505. The highest BCUT2D eigenvalue weighted by Gasteiger charge is 2.19. The Labute approximate surface area is 75.5 Å². The first-order valence-electron chi connectivity index (χ1n) is 5.12. The SMILES string of the molecule is CCCCCC1=C(C)CCC1O. The van der Waals surface area contributed by atoms with Gasteiger partial charge in [0, 0.05) is 0 Å². The maximum Gasteiger partial charge on any atom is 0.0755 e. The first-order chi connectivity index (χ1) is 5.75. The third kappa shape index (κ3) is 2.34. The van der Waals surface area contributed by atoms with Crippen LogP contribution in [0.5, 0.6) is 0 Å². The predicted octanol–water partition coefficient (Wildman–Crippen LogP) is 3.04. The largest absolute Gasteiger partial charge is 0.389 e. The number of hydrogen-bond donors (Lipinski definition) is 1. The first kappa shape index (κ1) is 9.79. The highest BCUT2D eigenvalue weighted by atomic mass is 16.3. The molecule has 12 heavy (non-hydrogen) atoms. The zero-order chi connectivity index (χ0) is 8.97. The van der Waals surface area contributed by atoms with Crippen molar-refractivity contribution in [3.63, 3.8) is 0 Å². The molecule has 0 aliphatic heterocycles. The zero-order valence-electron chi connectivity index (χ0n) is 8.27. The minimum Gasteiger partial charge on any atom is -0.389 e. The predicted molar refractivity (Wildman–Crippen MR) is 52.1 cm³/mol. The number of aliphatic hydroxyl groups excluding tert-OH is 1. The Balaban J connectivity index is 2.34. The lowest BCUT2D eigenvalue weighted by Crippen LogP contribution is -2.04. The van der Waals surface area contributed by atoms with E-state index >= 15 is 0 Å². The van der Waals surface area contributed by atoms with Crippen LogP contribution in [-0.4, -0.2) is 11.2 Å². The van der Waals surface area contributed by atoms with Crippen LogP contribution in [-0.2, 0) is 0 Å². The molecule has 0 heterocycles. The van der Waals surface area contributed by atoms with Gasteiger partial charge in [-0.15, -0.1) is 0 Å². The molecule has 70 valence electrons. The van der Waals surface area contributed by atoms with Crippen molar-refractivity contribution < 1.29 is 5.11 Å². The van der Waals surface area contributed by atoms with Crippen LogP contribution < -0.4 is 0 Å². The van der Waals surface area contributed by atoms with Gasteiger partial charge in [0.05, 0.1) is 6.10 Å². The molecule has 1 aliphatic carbocycles. The van der Waals surface area contributed by atoms with Crippen LogP contribution in [0.2, 0.25) is 0 Å². The molecule has 0 aromatic carbocycles. The summed E-state index contributed by atoms with van der Waals surface area (Å²) in [7, 11) is 0. The van der Waals surface area contributed by atoms with Crippen molar-refractivity contribution in [1.82, 2.24) is 0 Å². The second-order valence-corrected chi connectivity index (χ2v) is 3.82. The van der Waals surface area contributed by atoms with Crippen LogP contribution in [0, 0.1) is 0 Å². The Morgan fingerprint density at radius 1 is 1.42 bits per heavy atom. The molecule has 0 bridgehead atoms. The topological polar surface area (TPSA) is 20.2 Å². The van der Waals surface area contributed by atoms with E-state index < -0.39 is 0 Å². The van der Waals surface area contributed by atoms with Crippen molar-refractivity contribution in [1.29, 1.82) is 0 Å². The molecule has 0 radical (unpaired) electrons. The van der Waals surface area contributed by atoms with Gasteiger partial charge in [-0.05, 0) is 38.2 Å². The Hall–Kier alpha value is -0.300. The average Bonchev–Trinajstić information content (AvgIpc) is 2.35. The zero-order valence-corrected chi connectivity index (χ0v) is 8.27. The minimum absolute atomic E-state index is 0.109. The molecule has 0 amide bonds. The summed E-state index contributed by atoms with van der Waals surface area (Å²) in [5.74, 6) is 0. The van der Waals surface area contributed by atoms with Gasteiger partial charge in [-0.1, -0.05) is 25.3 Å². The molecule has 0 aromatic rings. The number of hydrogen-bond acceptors (Lipinski definition) is 1. The highest BCUT2D eigenvalue weighted by Crippen LogP contribution is 2.29. The lowest BCUT2D eigenvalue weighted by Gasteiger charge is -2.08. The van der Waals surface area contributed by atoms with Gasteiger partial charge in [0.15, 0.2) is 0 Å². The van der Waals surface area contributed by atoms with Crippen LogP contribution in [0.25, 0.3) is 0 Å². The first-order valence-corrected chi connectivity index (χ1v) is 5.12. The summed E-state index contributed by atoms with van der Waals surface area (Å²) < 4.78 is 0. The lowest BCUT2D eigenvalue weighted by molar-refractivity contribution is 0.207. The monoisotopic (exact) mass is 168 g/mol. The van der Waals surface area contributed by atoms with E-state index in [9.17, 15) is 5.11 Å². The third-order valence-corrected chi connectivity index (χ3v) is 2.79. The molecule has 1 unspecified atom stereocenters. The molecule has 1 heteroatoms. The van der Waals surface area contributed by atoms with Crippen molar-refractivity contribution in [3.8, 4) is 0 Å². The van der Waals surface area contributed by atoms with E-state index in [4.69, 9.17) is 0 Å². The summed E-state index contributed by atoms with van der Waals surface area (Å²) in [5.41, 5.74) is 2.78. The molecule has 0 saturated carbocycles. The summed E-state index contributed by atoms with van der Waals surface area (Å²) >= 11 is 0. The Morgan fingerprint density at radius 3 is 2.67 bits per heavy atom. The van der Waals surface area contributed by atoms with Crippen LogP contribution in [0.15, 0.2) is 11.1 Å². The van der Waals surface area contributed by atoms with Crippen LogP contribution >= 0.6 is 0 Å². The van der Waals surface area contributed by atoms with E-state index in [0.29, 0.717) is 0 Å². The maximum absolute atomic E-state index is 9.60. The molecule has 0 saturated heterocycles. The van der Waals surface area contributed by atoms with Gasteiger partial charge in [-0.3, -0.25) is 0 Å². The third-order valence-electron chi connectivity index (χ3n) is 2.79. The van der Waals surface area contributed by atoms with Crippen molar-refractivity contribution in [2.24, 2.45) is 0 Å². The smallest absolute Gasteiger partial charge is 0.0755 e. The molecular formula is C11H20O. The van der Waals surface area contributed by atoms with Crippen LogP contribution in [0.4, 0.5) is 0 Å². The Morgan fingerprint density at radius 2 is 2.17 bits per heavy atom. The van der Waals surface area contributed by atoms with E-state index in [1.807, 2.05) is 0 Å². The fourth-order valence-electron chi connectivity index (χ4n) is 1.92. The summed E-state index contributed by atoms with van der Waals surface area (Å²) in [4.78, 5) is 0. The van der Waals surface area contributed by atoms with Gasteiger partial charge in [-0.25, -0.2) is 0 Å². The summed E-state index contributed by atoms with van der Waals surface area (Å²) in [6.45, 7) is 4.38. The number of unbranched alkanes of at least 4 members (excludes halogenated alkanes) is 2. The van der Waals surface area contributed by atoms with E-state index in [2.05, 4.69) is 13.8 Å². The Kier molecular flexibility index (Phi) is 3.80. The molecule has 1 nitrogen and oxygen atoms in total. The van der Waals surface area contributed by atoms with Gasteiger partial charge < -0.3 is 5.11 Å². The summed E-state index contributed by atoms with van der Waals surface area (Å²) in [6, 6.07) is 0. The normalized spacial score (nSPS) is 23.8. The fourth-order valence-corrected chi connectivity index (χ4v) is 1.92. The molecule has 1 atom stereocenters. The standard InChI is InChI=1S/C11H20O/c1-3-4-5-6-10-9(2)7-8-11(10)12/h11-12H,3-8H2,1-2H3. The molecule has 1 rings (SSSR count). The molecule has 1 N–H and O–H groups in total. The molecule has 1 aliphatic rings. The second-order valence-electron chi connectivity index (χ2n) is 3.82. The highest BCUT2D eigenvalue weighted by molar-refractivity contribution is 5.22. The van der Waals surface area contributed by atoms with Crippen molar-refractivity contribution in [2.45, 2.75) is 58.5 Å². The lowest BCUT2D eigenvalue weighted by atomic mass is 10.0. The van der Waals surface area contributed by atoms with Crippen molar-refractivity contribution >= 4 is 0 Å². The number of aliphatic hydroxyl groups is 1. The number of rotatable bonds is 4. The number of allylic oxidation sites excluding steroid dienone is 1. The van der Waals surface area contributed by atoms with Gasteiger partial charge in [0.1, 0.15) is 0 Å². The maximum atomic E-state index is 9.60. The molecule has 0 aromatic heterocycles. The van der Waals surface area contributed by atoms with Gasteiger partial charge in [0.2, 0.25) is 0 Å².